The van der Waals surface area contributed by atoms with E-state index in [4.69, 9.17) is 0 Å². The highest BCUT2D eigenvalue weighted by Gasteiger charge is 2.22. The Morgan fingerprint density at radius 3 is 2.55 bits per heavy atom. The Kier molecular flexibility index (Phi) is 6.80. The van der Waals surface area contributed by atoms with Crippen molar-refractivity contribution in [3.8, 4) is 0 Å². The van der Waals surface area contributed by atoms with E-state index in [0.717, 1.165) is 18.7 Å². The first kappa shape index (κ1) is 19.9. The number of carbonyl (C=O) groups is 1. The molecule has 0 saturated carbocycles. The summed E-state index contributed by atoms with van der Waals surface area (Å²) in [4.78, 5) is 15.1. The number of nitrogens with one attached hydrogen (secondary N) is 2. The van der Waals surface area contributed by atoms with Crippen LogP contribution in [0.3, 0.4) is 0 Å². The lowest BCUT2D eigenvalue weighted by molar-refractivity contribution is 0.196. The highest BCUT2D eigenvalue weighted by Crippen LogP contribution is 2.25. The molecule has 2 N–H and O–H groups in total. The van der Waals surface area contributed by atoms with Crippen LogP contribution in [0.5, 0.6) is 0 Å². The summed E-state index contributed by atoms with van der Waals surface area (Å²) in [7, 11) is 0. The average molecular weight is 408 g/mol. The average Bonchev–Trinajstić information content (AvgIpc) is 3.15. The molecule has 0 radical (unpaired) electrons. The molecule has 0 aliphatic carbocycles. The van der Waals surface area contributed by atoms with Gasteiger partial charge in [-0.05, 0) is 64.7 Å². The number of likely N-dealkylation sites (tertiary alicyclic amines) is 1. The van der Waals surface area contributed by atoms with Crippen molar-refractivity contribution < 1.29 is 4.79 Å². The molecule has 2 aromatic carbocycles. The molecule has 1 aliphatic heterocycles. The van der Waals surface area contributed by atoms with Crippen LogP contribution in [-0.4, -0.2) is 30.6 Å². The standard InChI is InChI=1S/C24H29N3OS/c28-24(25-16-20-10-7-9-19-8-3-4-11-22(19)20)26-17-23(21-12-15-29-18-21)27-13-5-1-2-6-14-27/h3-4,7-12,15,18,23H,1-2,5-6,13-14,16-17H2,(H2,25,26,28). The molecular formula is C24H29N3OS. The summed E-state index contributed by atoms with van der Waals surface area (Å²) in [5, 5.41) is 12.9. The minimum atomic E-state index is -0.104. The first-order valence-electron chi connectivity index (χ1n) is 10.6. The summed E-state index contributed by atoms with van der Waals surface area (Å²) >= 11 is 1.73. The van der Waals surface area contributed by atoms with Crippen LogP contribution in [0.25, 0.3) is 10.8 Å². The Morgan fingerprint density at radius 1 is 0.966 bits per heavy atom. The second kappa shape index (κ2) is 9.90. The van der Waals surface area contributed by atoms with Crippen molar-refractivity contribution in [2.24, 2.45) is 0 Å². The van der Waals surface area contributed by atoms with Gasteiger partial charge in [-0.25, -0.2) is 4.79 Å². The van der Waals surface area contributed by atoms with E-state index >= 15 is 0 Å². The molecule has 0 spiro atoms. The lowest BCUT2D eigenvalue weighted by Gasteiger charge is -2.30. The van der Waals surface area contributed by atoms with E-state index in [1.54, 1.807) is 11.3 Å². The van der Waals surface area contributed by atoms with Crippen LogP contribution in [0.4, 0.5) is 4.79 Å². The maximum absolute atomic E-state index is 12.5. The van der Waals surface area contributed by atoms with Gasteiger partial charge < -0.3 is 10.6 Å². The quantitative estimate of drug-likeness (QED) is 0.581. The number of fused-ring (bicyclic) bond motifs is 1. The van der Waals surface area contributed by atoms with Gasteiger partial charge in [0.2, 0.25) is 0 Å². The first-order chi connectivity index (χ1) is 14.3. The number of nitrogens with zero attached hydrogens (tertiary/aromatic N) is 1. The Balaban J connectivity index is 1.36. The molecule has 1 aliphatic rings. The number of hydrogen-bond acceptors (Lipinski definition) is 3. The van der Waals surface area contributed by atoms with Crippen molar-refractivity contribution in [3.63, 3.8) is 0 Å². The summed E-state index contributed by atoms with van der Waals surface area (Å²) < 4.78 is 0. The number of thiophene rings is 1. The fourth-order valence-electron chi connectivity index (χ4n) is 4.20. The third kappa shape index (κ3) is 5.17. The molecule has 2 amide bonds. The zero-order valence-corrected chi connectivity index (χ0v) is 17.6. The molecule has 4 nitrogen and oxygen atoms in total. The number of rotatable bonds is 6. The van der Waals surface area contributed by atoms with Crippen molar-refractivity contribution in [1.29, 1.82) is 0 Å². The van der Waals surface area contributed by atoms with Crippen LogP contribution in [0.15, 0.2) is 59.3 Å². The van der Waals surface area contributed by atoms with Gasteiger partial charge in [0.1, 0.15) is 0 Å². The fraction of sp³-hybridized carbons (Fsp3) is 0.375. The van der Waals surface area contributed by atoms with E-state index in [2.05, 4.69) is 56.6 Å². The van der Waals surface area contributed by atoms with Gasteiger partial charge in [0.15, 0.2) is 0 Å². The Hall–Kier alpha value is -2.37. The number of benzene rings is 2. The molecule has 4 rings (SSSR count). The van der Waals surface area contributed by atoms with Crippen molar-refractivity contribution in [3.05, 3.63) is 70.4 Å². The highest BCUT2D eigenvalue weighted by molar-refractivity contribution is 7.07. The van der Waals surface area contributed by atoms with Crippen molar-refractivity contribution >= 4 is 28.1 Å². The molecule has 1 atom stereocenters. The topological polar surface area (TPSA) is 44.4 Å². The molecule has 2 heterocycles. The van der Waals surface area contributed by atoms with Gasteiger partial charge in [-0.2, -0.15) is 11.3 Å². The van der Waals surface area contributed by atoms with E-state index < -0.39 is 0 Å². The lowest BCUT2D eigenvalue weighted by Crippen LogP contribution is -2.42. The third-order valence-corrected chi connectivity index (χ3v) is 6.49. The molecule has 3 aromatic rings. The maximum Gasteiger partial charge on any atom is 0.315 e. The highest BCUT2D eigenvalue weighted by atomic mass is 32.1. The second-order valence-corrected chi connectivity index (χ2v) is 8.50. The van der Waals surface area contributed by atoms with Gasteiger partial charge >= 0.3 is 6.03 Å². The molecule has 29 heavy (non-hydrogen) atoms. The molecule has 152 valence electrons. The predicted octanol–water partition coefficient (Wildman–Crippen LogP) is 5.32. The summed E-state index contributed by atoms with van der Waals surface area (Å²) in [6.45, 7) is 3.39. The summed E-state index contributed by atoms with van der Waals surface area (Å²) in [5.74, 6) is 0. The number of carbonyl (C=O) groups excluding carboxylic acids is 1. The van der Waals surface area contributed by atoms with E-state index in [0.29, 0.717) is 13.1 Å². The zero-order chi connectivity index (χ0) is 19.9. The van der Waals surface area contributed by atoms with E-state index in [9.17, 15) is 4.79 Å². The van der Waals surface area contributed by atoms with Gasteiger partial charge in [-0.15, -0.1) is 0 Å². The van der Waals surface area contributed by atoms with Gasteiger partial charge in [-0.3, -0.25) is 4.90 Å². The van der Waals surface area contributed by atoms with Crippen molar-refractivity contribution in [2.75, 3.05) is 19.6 Å². The normalized spacial score (nSPS) is 16.3. The van der Waals surface area contributed by atoms with Gasteiger partial charge in [0.05, 0.1) is 6.04 Å². The Bertz CT molecular complexity index is 912. The fourth-order valence-corrected chi connectivity index (χ4v) is 4.91. The van der Waals surface area contributed by atoms with E-state index in [-0.39, 0.29) is 12.1 Å². The Labute approximate surface area is 176 Å². The van der Waals surface area contributed by atoms with Crippen LogP contribution in [-0.2, 0) is 6.54 Å². The predicted molar refractivity (Wildman–Crippen MR) is 121 cm³/mol. The van der Waals surface area contributed by atoms with E-state index in [1.807, 2.05) is 18.2 Å². The third-order valence-electron chi connectivity index (χ3n) is 5.78. The summed E-state index contributed by atoms with van der Waals surface area (Å²) in [6.07, 6.45) is 5.11. The first-order valence-corrected chi connectivity index (χ1v) is 11.5. The largest absolute Gasteiger partial charge is 0.336 e. The van der Waals surface area contributed by atoms with Crippen molar-refractivity contribution in [2.45, 2.75) is 38.3 Å². The van der Waals surface area contributed by atoms with Crippen LogP contribution in [0.2, 0.25) is 0 Å². The molecule has 1 saturated heterocycles. The van der Waals surface area contributed by atoms with Gasteiger partial charge in [-0.1, -0.05) is 55.3 Å². The molecule has 1 fully saturated rings. The molecule has 5 heteroatoms. The van der Waals surface area contributed by atoms with E-state index in [1.165, 1.54) is 42.0 Å². The van der Waals surface area contributed by atoms with Crippen LogP contribution < -0.4 is 10.6 Å². The minimum absolute atomic E-state index is 0.104. The minimum Gasteiger partial charge on any atom is -0.336 e. The molecule has 1 unspecified atom stereocenters. The maximum atomic E-state index is 12.5. The van der Waals surface area contributed by atoms with Crippen LogP contribution in [0.1, 0.15) is 42.9 Å². The molecule has 1 aromatic heterocycles. The second-order valence-electron chi connectivity index (χ2n) is 7.72. The van der Waals surface area contributed by atoms with Gasteiger partial charge in [0.25, 0.3) is 0 Å². The van der Waals surface area contributed by atoms with Crippen LogP contribution >= 0.6 is 11.3 Å². The number of urea groups is 1. The summed E-state index contributed by atoms with van der Waals surface area (Å²) in [5.41, 5.74) is 2.45. The lowest BCUT2D eigenvalue weighted by atomic mass is 10.0. The monoisotopic (exact) mass is 407 g/mol. The number of hydrogen-bond donors (Lipinski definition) is 2. The zero-order valence-electron chi connectivity index (χ0n) is 16.8. The van der Waals surface area contributed by atoms with Gasteiger partial charge in [0, 0.05) is 13.1 Å². The summed E-state index contributed by atoms with van der Waals surface area (Å²) in [6, 6.07) is 16.9. The molecule has 0 bridgehead atoms. The SMILES string of the molecule is O=C(NCc1cccc2ccccc12)NCC(c1ccsc1)N1CCCCCC1. The van der Waals surface area contributed by atoms with Crippen molar-refractivity contribution in [1.82, 2.24) is 15.5 Å². The Morgan fingerprint density at radius 2 is 1.76 bits per heavy atom. The van der Waals surface area contributed by atoms with Crippen LogP contribution in [0, 0.1) is 0 Å². The number of amides is 2. The smallest absolute Gasteiger partial charge is 0.315 e. The molecular weight excluding hydrogens is 378 g/mol.